The molecular formula is C45H67N11O10. The average Bonchev–Trinajstić information content (AvgIpc) is 3.75. The first-order valence-electron chi connectivity index (χ1n) is 22.1. The number of phenols is 1. The number of carbonyl (C=O) groups is 8. The minimum Gasteiger partial charge on any atom is -0.508 e. The highest BCUT2D eigenvalue weighted by Gasteiger charge is 2.39. The van der Waals surface area contributed by atoms with Crippen molar-refractivity contribution in [2.24, 2.45) is 39.8 Å². The molecule has 2 aromatic carbocycles. The first-order chi connectivity index (χ1) is 31.1. The number of phenolic OH excluding ortho intramolecular Hbond substituents is 1. The molecule has 0 radical (unpaired) electrons. The van der Waals surface area contributed by atoms with Crippen molar-refractivity contribution in [3.63, 3.8) is 0 Å². The predicted octanol–water partition coefficient (Wildman–Crippen LogP) is -0.975. The number of carboxylic acid groups (broad SMARTS) is 1. The molecule has 0 aliphatic carbocycles. The van der Waals surface area contributed by atoms with Gasteiger partial charge in [-0.3, -0.25) is 38.6 Å². The van der Waals surface area contributed by atoms with Crippen molar-refractivity contribution in [1.29, 1.82) is 0 Å². The molecule has 1 aliphatic heterocycles. The SMILES string of the molecule is CC(C)CC(NC(=O)C(Cc1ccccc1)NC(=O)C(N)Cc1ccc(O)cc1)C(=O)NC(CC(C)C)C(=O)NC(CCCN=C(N)N)C(=O)NC(CC(N)=O)C(=O)N1CCCC1C(=O)O. The van der Waals surface area contributed by atoms with Crippen LogP contribution in [-0.4, -0.2) is 124 Å². The van der Waals surface area contributed by atoms with E-state index in [9.17, 15) is 48.6 Å². The van der Waals surface area contributed by atoms with E-state index in [0.717, 1.165) is 4.90 Å². The Morgan fingerprint density at radius 1 is 0.682 bits per heavy atom. The molecule has 1 aliphatic rings. The van der Waals surface area contributed by atoms with E-state index in [1.807, 2.05) is 27.7 Å². The quantitative estimate of drug-likeness (QED) is 0.0308. The Balaban J connectivity index is 1.86. The molecule has 66 heavy (non-hydrogen) atoms. The maximum Gasteiger partial charge on any atom is 0.326 e. The summed E-state index contributed by atoms with van der Waals surface area (Å²) in [6, 6.07) is 6.34. The zero-order chi connectivity index (χ0) is 49.1. The number of amides is 7. The molecule has 21 nitrogen and oxygen atoms in total. The number of nitrogens with two attached hydrogens (primary N) is 4. The van der Waals surface area contributed by atoms with Gasteiger partial charge in [0.15, 0.2) is 5.96 Å². The number of nitrogens with zero attached hydrogens (tertiary/aromatic N) is 2. The Morgan fingerprint density at radius 3 is 1.71 bits per heavy atom. The monoisotopic (exact) mass is 922 g/mol. The molecule has 15 N–H and O–H groups in total. The van der Waals surface area contributed by atoms with E-state index in [2.05, 4.69) is 31.6 Å². The largest absolute Gasteiger partial charge is 0.508 e. The number of carbonyl (C=O) groups excluding carboxylic acids is 7. The molecule has 1 saturated heterocycles. The van der Waals surface area contributed by atoms with Crippen LogP contribution in [-0.2, 0) is 51.2 Å². The van der Waals surface area contributed by atoms with Crippen molar-refractivity contribution in [3.05, 3.63) is 65.7 Å². The van der Waals surface area contributed by atoms with E-state index < -0.39 is 96.0 Å². The van der Waals surface area contributed by atoms with Crippen LogP contribution < -0.4 is 49.5 Å². The number of primary amides is 1. The Hall–Kier alpha value is -6.77. The molecule has 0 saturated carbocycles. The van der Waals surface area contributed by atoms with Crippen LogP contribution >= 0.6 is 0 Å². The third-order valence-electron chi connectivity index (χ3n) is 10.7. The lowest BCUT2D eigenvalue weighted by Crippen LogP contribution is -2.60. The highest BCUT2D eigenvalue weighted by Crippen LogP contribution is 2.20. The fraction of sp³-hybridized carbons (Fsp3) is 0.533. The fourth-order valence-corrected chi connectivity index (χ4v) is 7.47. The Kier molecular flexibility index (Phi) is 21.3. The van der Waals surface area contributed by atoms with Gasteiger partial charge in [0, 0.05) is 19.5 Å². The summed E-state index contributed by atoms with van der Waals surface area (Å²) in [5.41, 5.74) is 24.0. The topological polar surface area (TPSA) is 357 Å². The normalized spacial score (nSPS) is 16.2. The van der Waals surface area contributed by atoms with Crippen LogP contribution in [0.1, 0.15) is 83.8 Å². The van der Waals surface area contributed by atoms with Gasteiger partial charge in [-0.25, -0.2) is 4.79 Å². The highest BCUT2D eigenvalue weighted by molar-refractivity contribution is 5.98. The average molecular weight is 922 g/mol. The molecule has 362 valence electrons. The van der Waals surface area contributed by atoms with E-state index in [1.54, 1.807) is 42.5 Å². The second-order valence-electron chi connectivity index (χ2n) is 17.4. The van der Waals surface area contributed by atoms with E-state index >= 15 is 0 Å². The number of likely N-dealkylation sites (tertiary alicyclic amines) is 1. The van der Waals surface area contributed by atoms with E-state index in [4.69, 9.17) is 22.9 Å². The van der Waals surface area contributed by atoms with Crippen molar-refractivity contribution < 1.29 is 48.6 Å². The summed E-state index contributed by atoms with van der Waals surface area (Å²) in [7, 11) is 0. The van der Waals surface area contributed by atoms with Crippen LogP contribution in [0.15, 0.2) is 59.6 Å². The van der Waals surface area contributed by atoms with Gasteiger partial charge in [0.1, 0.15) is 42.0 Å². The molecule has 7 atom stereocenters. The first-order valence-corrected chi connectivity index (χ1v) is 22.1. The van der Waals surface area contributed by atoms with Gasteiger partial charge in [-0.15, -0.1) is 0 Å². The first kappa shape index (κ1) is 53.6. The van der Waals surface area contributed by atoms with Gasteiger partial charge in [-0.1, -0.05) is 70.2 Å². The number of rotatable bonds is 26. The van der Waals surface area contributed by atoms with Gasteiger partial charge in [-0.05, 0) is 80.0 Å². The molecule has 0 aromatic heterocycles. The van der Waals surface area contributed by atoms with Gasteiger partial charge >= 0.3 is 5.97 Å². The minimum absolute atomic E-state index is 0.0497. The third kappa shape index (κ3) is 18.0. The van der Waals surface area contributed by atoms with E-state index in [1.165, 1.54) is 12.1 Å². The minimum atomic E-state index is -1.55. The fourth-order valence-electron chi connectivity index (χ4n) is 7.47. The van der Waals surface area contributed by atoms with Crippen molar-refractivity contribution in [2.45, 2.75) is 128 Å². The summed E-state index contributed by atoms with van der Waals surface area (Å²) in [5, 5.41) is 32.7. The smallest absolute Gasteiger partial charge is 0.326 e. The Morgan fingerprint density at radius 2 is 1.18 bits per heavy atom. The molecule has 1 heterocycles. The Bertz CT molecular complexity index is 2010. The predicted molar refractivity (Wildman–Crippen MR) is 245 cm³/mol. The summed E-state index contributed by atoms with van der Waals surface area (Å²) >= 11 is 0. The van der Waals surface area contributed by atoms with Crippen molar-refractivity contribution in [3.8, 4) is 5.75 Å². The zero-order valence-corrected chi connectivity index (χ0v) is 38.0. The number of aliphatic carboxylic acids is 1. The maximum atomic E-state index is 14.2. The number of aromatic hydroxyl groups is 1. The number of nitrogens with one attached hydrogen (secondary N) is 5. The van der Waals surface area contributed by atoms with Gasteiger partial charge in [-0.2, -0.15) is 0 Å². The van der Waals surface area contributed by atoms with Crippen LogP contribution in [0.4, 0.5) is 0 Å². The summed E-state index contributed by atoms with van der Waals surface area (Å²) in [4.78, 5) is 112. The lowest BCUT2D eigenvalue weighted by molar-refractivity contribution is -0.149. The van der Waals surface area contributed by atoms with E-state index in [-0.39, 0.29) is 81.6 Å². The second-order valence-corrected chi connectivity index (χ2v) is 17.4. The molecule has 2 aromatic rings. The lowest BCUT2D eigenvalue weighted by atomic mass is 9.98. The second kappa shape index (κ2) is 26.3. The number of guanidine groups is 1. The van der Waals surface area contributed by atoms with Gasteiger partial charge < -0.3 is 64.6 Å². The molecule has 21 heteroatoms. The molecule has 1 fully saturated rings. The molecule has 7 unspecified atom stereocenters. The number of carboxylic acids is 1. The van der Waals surface area contributed by atoms with Gasteiger partial charge in [0.05, 0.1) is 12.5 Å². The summed E-state index contributed by atoms with van der Waals surface area (Å²) < 4.78 is 0. The number of hydrogen-bond donors (Lipinski definition) is 11. The summed E-state index contributed by atoms with van der Waals surface area (Å²) in [6.07, 6.45) is 0.368. The molecule has 7 amide bonds. The van der Waals surface area contributed by atoms with Crippen molar-refractivity contribution in [1.82, 2.24) is 31.5 Å². The number of benzene rings is 2. The van der Waals surface area contributed by atoms with Gasteiger partial charge in [0.2, 0.25) is 41.4 Å². The molecule has 3 rings (SSSR count). The highest BCUT2D eigenvalue weighted by atomic mass is 16.4. The maximum absolute atomic E-state index is 14.2. The van der Waals surface area contributed by atoms with Crippen LogP contribution in [0.25, 0.3) is 0 Å². The van der Waals surface area contributed by atoms with Crippen molar-refractivity contribution in [2.75, 3.05) is 13.1 Å². The van der Waals surface area contributed by atoms with Crippen LogP contribution in [0.3, 0.4) is 0 Å². The van der Waals surface area contributed by atoms with E-state index in [0.29, 0.717) is 17.5 Å². The van der Waals surface area contributed by atoms with Gasteiger partial charge in [0.25, 0.3) is 0 Å². The lowest BCUT2D eigenvalue weighted by Gasteiger charge is -2.29. The third-order valence-corrected chi connectivity index (χ3v) is 10.7. The molecule has 0 spiro atoms. The standard InChI is InChI=1S/C45H67N11O10/c1-25(2)20-32(40(61)51-31(12-8-18-50-45(48)49)39(60)55-35(24-37(47)58)43(64)56-19-9-13-36(56)44(65)66)53-41(62)33(21-26(3)4)54-42(63)34(23-27-10-6-5-7-11-27)52-38(59)30(46)22-28-14-16-29(57)17-15-28/h5-7,10-11,14-17,25-26,30-36,57H,8-9,12-13,18-24,46H2,1-4H3,(H2,47,58)(H,51,61)(H,52,59)(H,53,62)(H,54,63)(H,55,60)(H,65,66)(H4,48,49,50). The summed E-state index contributed by atoms with van der Waals surface area (Å²) in [5.74, 6) is -7.20. The van der Waals surface area contributed by atoms with Crippen LogP contribution in [0, 0.1) is 11.8 Å². The molecular weight excluding hydrogens is 855 g/mol. The number of aliphatic imine (C=N–C) groups is 1. The van der Waals surface area contributed by atoms with Crippen LogP contribution in [0.5, 0.6) is 5.75 Å². The zero-order valence-electron chi connectivity index (χ0n) is 38.0. The summed E-state index contributed by atoms with van der Waals surface area (Å²) in [6.45, 7) is 7.43. The van der Waals surface area contributed by atoms with Crippen molar-refractivity contribution >= 4 is 53.3 Å². The molecule has 0 bridgehead atoms. The Labute approximate surface area is 384 Å². The van der Waals surface area contributed by atoms with Crippen LogP contribution in [0.2, 0.25) is 0 Å². The number of hydrogen-bond acceptors (Lipinski definition) is 11.